The van der Waals surface area contributed by atoms with Crippen LogP contribution in [0.4, 0.5) is 5.82 Å². The number of aromatic nitrogens is 1. The lowest BCUT2D eigenvalue weighted by atomic mass is 9.89. The van der Waals surface area contributed by atoms with E-state index >= 15 is 0 Å². The average molecular weight is 419 g/mol. The van der Waals surface area contributed by atoms with E-state index in [0.717, 1.165) is 37.8 Å². The average Bonchev–Trinajstić information content (AvgIpc) is 2.97. The summed E-state index contributed by atoms with van der Waals surface area (Å²) in [5, 5.41) is 2.98. The molecular formula is C22H30N2O4S. The molecule has 1 amide bonds. The second kappa shape index (κ2) is 9.13. The highest BCUT2D eigenvalue weighted by Gasteiger charge is 2.32. The van der Waals surface area contributed by atoms with Crippen molar-refractivity contribution in [3.8, 4) is 0 Å². The Hall–Kier alpha value is -2.12. The number of hydrogen-bond donors (Lipinski definition) is 1. The van der Waals surface area contributed by atoms with Crippen LogP contribution < -0.4 is 5.32 Å². The molecule has 3 rings (SSSR count). The van der Waals surface area contributed by atoms with Gasteiger partial charge in [0, 0.05) is 25.3 Å². The molecule has 29 heavy (non-hydrogen) atoms. The molecule has 1 heterocycles. The molecule has 0 atom stereocenters. The van der Waals surface area contributed by atoms with E-state index in [-0.39, 0.29) is 21.6 Å². The largest absolute Gasteiger partial charge is 0.383 e. The molecule has 1 fully saturated rings. The molecule has 1 saturated carbocycles. The van der Waals surface area contributed by atoms with Crippen LogP contribution in [0.5, 0.6) is 0 Å². The van der Waals surface area contributed by atoms with Gasteiger partial charge in [0.2, 0.25) is 15.7 Å². The van der Waals surface area contributed by atoms with E-state index in [1.807, 2.05) is 11.5 Å². The van der Waals surface area contributed by atoms with Crippen molar-refractivity contribution in [2.24, 2.45) is 5.92 Å². The highest BCUT2D eigenvalue weighted by Crippen LogP contribution is 2.36. The quantitative estimate of drug-likeness (QED) is 0.734. The Bertz CT molecular complexity index is 958. The van der Waals surface area contributed by atoms with Crippen molar-refractivity contribution in [1.82, 2.24) is 4.57 Å². The molecule has 0 aliphatic heterocycles. The maximum Gasteiger partial charge on any atom is 0.228 e. The second-order valence-corrected chi connectivity index (χ2v) is 9.56. The normalized spacial score (nSPS) is 15.4. The number of methoxy groups -OCH3 is 1. The minimum Gasteiger partial charge on any atom is -0.383 e. The van der Waals surface area contributed by atoms with Crippen LogP contribution >= 0.6 is 0 Å². The lowest BCUT2D eigenvalue weighted by Gasteiger charge is -2.22. The van der Waals surface area contributed by atoms with Crippen molar-refractivity contribution in [3.63, 3.8) is 0 Å². The molecule has 1 aliphatic carbocycles. The lowest BCUT2D eigenvalue weighted by molar-refractivity contribution is -0.120. The van der Waals surface area contributed by atoms with Crippen molar-refractivity contribution in [2.45, 2.75) is 62.3 Å². The molecule has 0 spiro atoms. The molecule has 158 valence electrons. The smallest absolute Gasteiger partial charge is 0.228 e. The summed E-state index contributed by atoms with van der Waals surface area (Å²) in [7, 11) is -2.17. The molecular weight excluding hydrogens is 388 g/mol. The first-order valence-corrected chi connectivity index (χ1v) is 11.7. The number of nitrogens with zero attached hydrogens (tertiary/aromatic N) is 1. The topological polar surface area (TPSA) is 77.4 Å². The van der Waals surface area contributed by atoms with Gasteiger partial charge in [0.05, 0.1) is 11.5 Å². The minimum atomic E-state index is -3.78. The van der Waals surface area contributed by atoms with Gasteiger partial charge < -0.3 is 14.6 Å². The monoisotopic (exact) mass is 418 g/mol. The first-order chi connectivity index (χ1) is 13.9. The Labute approximate surface area is 173 Å². The van der Waals surface area contributed by atoms with Crippen molar-refractivity contribution in [1.29, 1.82) is 0 Å². The molecule has 0 unspecified atom stereocenters. The van der Waals surface area contributed by atoms with E-state index in [1.54, 1.807) is 44.4 Å². The third-order valence-electron chi connectivity index (χ3n) is 5.83. The van der Waals surface area contributed by atoms with E-state index in [4.69, 9.17) is 4.74 Å². The zero-order chi connectivity index (χ0) is 21.0. The molecule has 0 bridgehead atoms. The number of rotatable bonds is 7. The molecule has 0 saturated heterocycles. The minimum absolute atomic E-state index is 0.0672. The van der Waals surface area contributed by atoms with Crippen molar-refractivity contribution in [3.05, 3.63) is 41.6 Å². The van der Waals surface area contributed by atoms with Gasteiger partial charge >= 0.3 is 0 Å². The van der Waals surface area contributed by atoms with E-state index in [0.29, 0.717) is 24.5 Å². The van der Waals surface area contributed by atoms with E-state index in [2.05, 4.69) is 5.32 Å². The predicted molar refractivity (Wildman–Crippen MR) is 113 cm³/mol. The summed E-state index contributed by atoms with van der Waals surface area (Å²) in [5.41, 5.74) is 1.47. The summed E-state index contributed by atoms with van der Waals surface area (Å²) in [6.45, 7) is 4.57. The van der Waals surface area contributed by atoms with E-state index in [1.165, 1.54) is 0 Å². The summed E-state index contributed by atoms with van der Waals surface area (Å²) in [5.74, 6) is 0.198. The van der Waals surface area contributed by atoms with Crippen LogP contribution in [-0.2, 0) is 25.9 Å². The maximum absolute atomic E-state index is 13.5. The van der Waals surface area contributed by atoms with Gasteiger partial charge in [-0.05, 0) is 44.4 Å². The number of carbonyl (C=O) groups excluding carboxylic acids is 1. The van der Waals surface area contributed by atoms with Gasteiger partial charge in [-0.15, -0.1) is 0 Å². The maximum atomic E-state index is 13.5. The molecule has 1 aromatic carbocycles. The summed E-state index contributed by atoms with van der Waals surface area (Å²) in [4.78, 5) is 13.4. The van der Waals surface area contributed by atoms with Gasteiger partial charge in [-0.2, -0.15) is 0 Å². The fourth-order valence-corrected chi connectivity index (χ4v) is 5.77. The number of benzene rings is 1. The van der Waals surface area contributed by atoms with Crippen molar-refractivity contribution >= 4 is 21.6 Å². The van der Waals surface area contributed by atoms with E-state index in [9.17, 15) is 13.2 Å². The Balaban J connectivity index is 2.08. The number of nitrogens with one attached hydrogen (secondary N) is 1. The zero-order valence-corrected chi connectivity index (χ0v) is 18.2. The van der Waals surface area contributed by atoms with Crippen LogP contribution in [0.3, 0.4) is 0 Å². The molecule has 0 radical (unpaired) electrons. The third-order valence-corrected chi connectivity index (χ3v) is 7.76. The molecule has 2 aromatic rings. The summed E-state index contributed by atoms with van der Waals surface area (Å²) >= 11 is 0. The number of carbonyl (C=O) groups is 1. The Kier molecular flexibility index (Phi) is 6.80. The fourth-order valence-electron chi connectivity index (χ4n) is 4.05. The number of amides is 1. The van der Waals surface area contributed by atoms with Gasteiger partial charge in [0.1, 0.15) is 10.7 Å². The van der Waals surface area contributed by atoms with Gasteiger partial charge in [0.25, 0.3) is 0 Å². The molecule has 1 N–H and O–H groups in total. The van der Waals surface area contributed by atoms with Crippen LogP contribution in [0.15, 0.2) is 40.1 Å². The number of ether oxygens (including phenoxy) is 1. The van der Waals surface area contributed by atoms with Crippen LogP contribution in [0.2, 0.25) is 0 Å². The van der Waals surface area contributed by atoms with Crippen molar-refractivity contribution < 1.29 is 17.9 Å². The summed E-state index contributed by atoms with van der Waals surface area (Å²) in [6.07, 6.45) is 4.93. The third kappa shape index (κ3) is 4.41. The Morgan fingerprint density at radius 3 is 2.41 bits per heavy atom. The van der Waals surface area contributed by atoms with Gasteiger partial charge in [0.15, 0.2) is 0 Å². The second-order valence-electron chi connectivity index (χ2n) is 7.67. The molecule has 6 nitrogen and oxygen atoms in total. The van der Waals surface area contributed by atoms with Crippen LogP contribution in [0.1, 0.15) is 43.4 Å². The Morgan fingerprint density at radius 2 is 1.79 bits per heavy atom. The molecule has 7 heteroatoms. The first-order valence-electron chi connectivity index (χ1n) is 10.2. The number of sulfone groups is 1. The molecule has 1 aromatic heterocycles. The number of anilines is 1. The highest BCUT2D eigenvalue weighted by molar-refractivity contribution is 7.91. The van der Waals surface area contributed by atoms with Crippen LogP contribution in [0.25, 0.3) is 0 Å². The standard InChI is InChI=1S/C22H30N2O4S/c1-16-17(2)24(14-15-28-3)21(23-22(25)18-10-6-4-7-11-18)20(16)29(26,27)19-12-8-5-9-13-19/h5,8-9,12-13,18H,4,6-7,10-11,14-15H2,1-3H3,(H,23,25). The highest BCUT2D eigenvalue weighted by atomic mass is 32.2. The fraction of sp³-hybridized carbons (Fsp3) is 0.500. The summed E-state index contributed by atoms with van der Waals surface area (Å²) < 4.78 is 34.0. The zero-order valence-electron chi connectivity index (χ0n) is 17.4. The van der Waals surface area contributed by atoms with E-state index < -0.39 is 9.84 Å². The lowest BCUT2D eigenvalue weighted by Crippen LogP contribution is -2.27. The van der Waals surface area contributed by atoms with Gasteiger partial charge in [-0.25, -0.2) is 8.42 Å². The van der Waals surface area contributed by atoms with Gasteiger partial charge in [-0.3, -0.25) is 4.79 Å². The predicted octanol–water partition coefficient (Wildman–Crippen LogP) is 4.10. The summed E-state index contributed by atoms with van der Waals surface area (Å²) in [6, 6.07) is 8.37. The number of hydrogen-bond acceptors (Lipinski definition) is 4. The molecule has 1 aliphatic rings. The van der Waals surface area contributed by atoms with Crippen LogP contribution in [-0.4, -0.2) is 32.6 Å². The van der Waals surface area contributed by atoms with Crippen molar-refractivity contribution in [2.75, 3.05) is 19.0 Å². The van der Waals surface area contributed by atoms with Gasteiger partial charge in [-0.1, -0.05) is 37.5 Å². The SMILES string of the molecule is COCCn1c(C)c(C)c(S(=O)(=O)c2ccccc2)c1NC(=O)C1CCCCC1. The van der Waals surface area contributed by atoms with Crippen LogP contribution in [0, 0.1) is 19.8 Å². The Morgan fingerprint density at radius 1 is 1.14 bits per heavy atom. The first kappa shape index (κ1) is 21.6.